The second kappa shape index (κ2) is 6.41. The molecule has 2 atom stereocenters. The van der Waals surface area contributed by atoms with E-state index in [1.54, 1.807) is 6.20 Å². The number of nitriles is 1. The molecule has 1 aromatic carbocycles. The number of nitrogens with zero attached hydrogens (tertiary/aromatic N) is 3. The summed E-state index contributed by atoms with van der Waals surface area (Å²) < 4.78 is 7.73. The highest BCUT2D eigenvalue weighted by Crippen LogP contribution is 2.29. The van der Waals surface area contributed by atoms with Crippen LogP contribution in [0.1, 0.15) is 24.8 Å². The Hall–Kier alpha value is -2.65. The Morgan fingerprint density at radius 3 is 3.05 bits per heavy atom. The molecule has 1 fully saturated rings. The molecule has 1 aliphatic heterocycles. The van der Waals surface area contributed by atoms with Gasteiger partial charge in [0.05, 0.1) is 12.1 Å². The monoisotopic (exact) mass is 296 g/mol. The van der Waals surface area contributed by atoms with Gasteiger partial charge in [-0.25, -0.2) is 4.98 Å². The molecule has 2 heterocycles. The van der Waals surface area contributed by atoms with E-state index in [1.807, 2.05) is 47.2 Å². The number of carbonyl (C=O) groups is 1. The number of rotatable bonds is 4. The smallest absolute Gasteiger partial charge is 0.234 e. The van der Waals surface area contributed by atoms with Crippen LogP contribution in [0.2, 0.25) is 0 Å². The average Bonchev–Trinajstić information content (AvgIpc) is 3.16. The Labute approximate surface area is 128 Å². The number of aromatic nitrogens is 2. The maximum absolute atomic E-state index is 11.7. The van der Waals surface area contributed by atoms with E-state index in [1.165, 1.54) is 0 Å². The van der Waals surface area contributed by atoms with E-state index in [0.29, 0.717) is 13.0 Å². The SMILES string of the molecule is N#CCC(=O)N[C@H]1CCO[C@@H]1c1nccn1-c1ccccc1. The van der Waals surface area contributed by atoms with E-state index in [0.717, 1.165) is 11.5 Å². The summed E-state index contributed by atoms with van der Waals surface area (Å²) in [7, 11) is 0. The van der Waals surface area contributed by atoms with Gasteiger partial charge in [-0.3, -0.25) is 4.79 Å². The van der Waals surface area contributed by atoms with Crippen molar-refractivity contribution < 1.29 is 9.53 Å². The third-order valence-corrected chi connectivity index (χ3v) is 3.64. The Kier molecular flexibility index (Phi) is 4.17. The summed E-state index contributed by atoms with van der Waals surface area (Å²) in [5, 5.41) is 11.5. The van der Waals surface area contributed by atoms with Crippen LogP contribution < -0.4 is 5.32 Å². The molecular formula is C16H16N4O2. The Balaban J connectivity index is 1.84. The van der Waals surface area contributed by atoms with Gasteiger partial charge in [0, 0.05) is 24.7 Å². The zero-order valence-electron chi connectivity index (χ0n) is 12.0. The molecule has 6 heteroatoms. The molecule has 0 aliphatic carbocycles. The maximum atomic E-state index is 11.7. The van der Waals surface area contributed by atoms with Crippen molar-refractivity contribution in [2.75, 3.05) is 6.61 Å². The van der Waals surface area contributed by atoms with E-state index in [9.17, 15) is 4.79 Å². The second-order valence-corrected chi connectivity index (χ2v) is 5.08. The van der Waals surface area contributed by atoms with Gasteiger partial charge in [0.2, 0.25) is 5.91 Å². The fourth-order valence-corrected chi connectivity index (χ4v) is 2.65. The van der Waals surface area contributed by atoms with Crippen LogP contribution >= 0.6 is 0 Å². The summed E-state index contributed by atoms with van der Waals surface area (Å²) in [4.78, 5) is 16.1. The lowest BCUT2D eigenvalue weighted by Crippen LogP contribution is -2.37. The fourth-order valence-electron chi connectivity index (χ4n) is 2.65. The number of ether oxygens (including phenoxy) is 1. The minimum absolute atomic E-state index is 0.143. The lowest BCUT2D eigenvalue weighted by molar-refractivity contribution is -0.121. The number of imidazole rings is 1. The predicted molar refractivity (Wildman–Crippen MR) is 79.0 cm³/mol. The number of hydrogen-bond donors (Lipinski definition) is 1. The lowest BCUT2D eigenvalue weighted by atomic mass is 10.1. The molecule has 1 aromatic heterocycles. The molecule has 0 radical (unpaired) electrons. The maximum Gasteiger partial charge on any atom is 0.234 e. The molecule has 0 bridgehead atoms. The molecule has 0 unspecified atom stereocenters. The zero-order valence-corrected chi connectivity index (χ0v) is 12.0. The fraction of sp³-hybridized carbons (Fsp3) is 0.312. The summed E-state index contributed by atoms with van der Waals surface area (Å²) in [5.41, 5.74) is 0.993. The third-order valence-electron chi connectivity index (χ3n) is 3.64. The van der Waals surface area contributed by atoms with Gasteiger partial charge in [0.15, 0.2) is 0 Å². The molecule has 1 aliphatic rings. The first-order valence-corrected chi connectivity index (χ1v) is 7.16. The zero-order chi connectivity index (χ0) is 15.4. The lowest BCUT2D eigenvalue weighted by Gasteiger charge is -2.20. The summed E-state index contributed by atoms with van der Waals surface area (Å²) in [6, 6.07) is 11.5. The van der Waals surface area contributed by atoms with E-state index < -0.39 is 0 Å². The Morgan fingerprint density at radius 2 is 2.27 bits per heavy atom. The molecule has 0 spiro atoms. The normalized spacial score (nSPS) is 20.5. The number of benzene rings is 1. The van der Waals surface area contributed by atoms with Gasteiger partial charge in [-0.1, -0.05) is 18.2 Å². The molecule has 112 valence electrons. The number of hydrogen-bond acceptors (Lipinski definition) is 4. The first-order valence-electron chi connectivity index (χ1n) is 7.16. The summed E-state index contributed by atoms with van der Waals surface area (Å²) in [6.07, 6.45) is 3.86. The van der Waals surface area contributed by atoms with Crippen molar-refractivity contribution in [1.29, 1.82) is 5.26 Å². The van der Waals surface area contributed by atoms with Crippen molar-refractivity contribution in [2.24, 2.45) is 0 Å². The van der Waals surface area contributed by atoms with Crippen LogP contribution in [0, 0.1) is 11.3 Å². The Bertz CT molecular complexity index is 690. The van der Waals surface area contributed by atoms with E-state index in [-0.39, 0.29) is 24.5 Å². The van der Waals surface area contributed by atoms with E-state index >= 15 is 0 Å². The van der Waals surface area contributed by atoms with Crippen molar-refractivity contribution in [1.82, 2.24) is 14.9 Å². The molecule has 2 aromatic rings. The van der Waals surface area contributed by atoms with Crippen LogP contribution in [0.25, 0.3) is 5.69 Å². The van der Waals surface area contributed by atoms with Crippen LogP contribution in [0.5, 0.6) is 0 Å². The third kappa shape index (κ3) is 2.85. The molecular weight excluding hydrogens is 280 g/mol. The molecule has 22 heavy (non-hydrogen) atoms. The largest absolute Gasteiger partial charge is 0.368 e. The van der Waals surface area contributed by atoms with Crippen LogP contribution in [-0.2, 0) is 9.53 Å². The van der Waals surface area contributed by atoms with Gasteiger partial charge < -0.3 is 14.6 Å². The highest BCUT2D eigenvalue weighted by atomic mass is 16.5. The quantitative estimate of drug-likeness (QED) is 0.931. The summed E-state index contributed by atoms with van der Waals surface area (Å²) >= 11 is 0. The van der Waals surface area contributed by atoms with Crippen molar-refractivity contribution in [2.45, 2.75) is 25.0 Å². The summed E-state index contributed by atoms with van der Waals surface area (Å²) in [5.74, 6) is 0.478. The number of nitrogens with one attached hydrogen (secondary N) is 1. The molecule has 1 amide bonds. The molecule has 6 nitrogen and oxygen atoms in total. The van der Waals surface area contributed by atoms with Crippen molar-refractivity contribution in [3.05, 3.63) is 48.5 Å². The van der Waals surface area contributed by atoms with Crippen LogP contribution in [0.15, 0.2) is 42.7 Å². The molecule has 3 rings (SSSR count). The summed E-state index contributed by atoms with van der Waals surface area (Å²) in [6.45, 7) is 0.559. The standard InChI is InChI=1S/C16H16N4O2/c17-8-6-14(21)19-13-7-11-22-15(13)16-18-9-10-20(16)12-4-2-1-3-5-12/h1-5,9-10,13,15H,6-7,11H2,(H,19,21)/t13-,15-/m0/s1. The minimum Gasteiger partial charge on any atom is -0.368 e. The Morgan fingerprint density at radius 1 is 1.45 bits per heavy atom. The number of carbonyl (C=O) groups excluding carboxylic acids is 1. The number of para-hydroxylation sites is 1. The van der Waals surface area contributed by atoms with Gasteiger partial charge in [0.1, 0.15) is 18.3 Å². The van der Waals surface area contributed by atoms with Crippen molar-refractivity contribution in [3.63, 3.8) is 0 Å². The highest BCUT2D eigenvalue weighted by Gasteiger charge is 2.34. The van der Waals surface area contributed by atoms with Gasteiger partial charge in [-0.15, -0.1) is 0 Å². The van der Waals surface area contributed by atoms with Gasteiger partial charge in [0.25, 0.3) is 0 Å². The van der Waals surface area contributed by atoms with Crippen LogP contribution in [0.4, 0.5) is 0 Å². The van der Waals surface area contributed by atoms with Gasteiger partial charge >= 0.3 is 0 Å². The molecule has 1 N–H and O–H groups in total. The predicted octanol–water partition coefficient (Wildman–Crippen LogP) is 1.73. The minimum atomic E-state index is -0.308. The second-order valence-electron chi connectivity index (χ2n) is 5.08. The molecule has 0 saturated carbocycles. The number of amides is 1. The van der Waals surface area contributed by atoms with Gasteiger partial charge in [-0.2, -0.15) is 5.26 Å². The van der Waals surface area contributed by atoms with Crippen molar-refractivity contribution in [3.8, 4) is 11.8 Å². The van der Waals surface area contributed by atoms with Gasteiger partial charge in [-0.05, 0) is 18.6 Å². The van der Waals surface area contributed by atoms with E-state index in [4.69, 9.17) is 10.00 Å². The van der Waals surface area contributed by atoms with Crippen LogP contribution in [0.3, 0.4) is 0 Å². The van der Waals surface area contributed by atoms with Crippen molar-refractivity contribution >= 4 is 5.91 Å². The topological polar surface area (TPSA) is 79.9 Å². The van der Waals surface area contributed by atoms with Crippen LogP contribution in [-0.4, -0.2) is 28.1 Å². The van der Waals surface area contributed by atoms with E-state index in [2.05, 4.69) is 10.3 Å². The first-order chi connectivity index (χ1) is 10.8. The average molecular weight is 296 g/mol. The highest BCUT2D eigenvalue weighted by molar-refractivity contribution is 5.78. The first kappa shape index (κ1) is 14.3. The molecule has 1 saturated heterocycles.